The van der Waals surface area contributed by atoms with Gasteiger partial charge in [-0.25, -0.2) is 10.8 Å². The van der Waals surface area contributed by atoms with Gasteiger partial charge >= 0.3 is 5.78 Å². The van der Waals surface area contributed by atoms with Gasteiger partial charge in [0, 0.05) is 27.3 Å². The van der Waals surface area contributed by atoms with Crippen LogP contribution in [0.1, 0.15) is 12.5 Å². The number of hydrogen-bond donors (Lipinski definition) is 1. The van der Waals surface area contributed by atoms with Crippen molar-refractivity contribution >= 4 is 27.3 Å². The first-order valence-corrected chi connectivity index (χ1v) is 11.5. The molecule has 6 aromatic rings. The fourth-order valence-electron chi connectivity index (χ4n) is 3.64. The summed E-state index contributed by atoms with van der Waals surface area (Å²) in [6.45, 7) is 1.54. The maximum absolute atomic E-state index is 9.10. The zero-order chi connectivity index (χ0) is 25.2. The average Bonchev–Trinajstić information content (AvgIpc) is 2.95. The van der Waals surface area contributed by atoms with Crippen molar-refractivity contribution in [1.29, 1.82) is 0 Å². The number of aromatic hydroxyl groups is 1. The average molecular weight is 663 g/mol. The molecule has 0 fully saturated rings. The monoisotopic (exact) mass is 662 g/mol. The van der Waals surface area contributed by atoms with E-state index < -0.39 is 0 Å². The SMILES string of the molecule is CC(=[OH+])c1ccccc1O.[Pt].[c-]1cccc2ccc3ccc[c-]c3c12.[c-]1ccccc1-c1ccccn1. The molecule has 0 aliphatic heterocycles. The van der Waals surface area contributed by atoms with Crippen LogP contribution < -0.4 is 0 Å². The van der Waals surface area contributed by atoms with Gasteiger partial charge in [-0.15, -0.1) is 72.3 Å². The summed E-state index contributed by atoms with van der Waals surface area (Å²) in [5.41, 5.74) is 2.50. The van der Waals surface area contributed by atoms with Crippen molar-refractivity contribution < 1.29 is 31.0 Å². The summed E-state index contributed by atoms with van der Waals surface area (Å²) in [5.74, 6) is 0.251. The quantitative estimate of drug-likeness (QED) is 0.0907. The predicted octanol–water partition coefficient (Wildman–Crippen LogP) is 7.44. The van der Waals surface area contributed by atoms with E-state index >= 15 is 0 Å². The van der Waals surface area contributed by atoms with E-state index in [-0.39, 0.29) is 32.6 Å². The smallest absolute Gasteiger partial charge is 0.324 e. The van der Waals surface area contributed by atoms with Crippen LogP contribution in [0.2, 0.25) is 0 Å². The fourth-order valence-corrected chi connectivity index (χ4v) is 3.64. The van der Waals surface area contributed by atoms with Crippen LogP contribution in [0.25, 0.3) is 32.8 Å². The van der Waals surface area contributed by atoms with E-state index in [1.54, 1.807) is 24.4 Å². The third-order valence-electron chi connectivity index (χ3n) is 5.41. The van der Waals surface area contributed by atoms with Gasteiger partial charge in [0.1, 0.15) is 11.3 Å². The number of phenols is 1. The van der Waals surface area contributed by atoms with E-state index in [9.17, 15) is 0 Å². The molecule has 0 amide bonds. The molecule has 0 bridgehead atoms. The summed E-state index contributed by atoms with van der Waals surface area (Å²) >= 11 is 0. The molecule has 1 heterocycles. The molecule has 2 N–H and O–H groups in total. The normalized spacial score (nSPS) is 9.76. The van der Waals surface area contributed by atoms with Gasteiger partial charge in [0.15, 0.2) is 0 Å². The predicted molar refractivity (Wildman–Crippen MR) is 147 cm³/mol. The summed E-state index contributed by atoms with van der Waals surface area (Å²) in [7, 11) is 0. The number of rotatable bonds is 2. The molecule has 0 atom stereocenters. The number of nitrogens with zero attached hydrogens (tertiary/aromatic N) is 1. The third kappa shape index (κ3) is 7.46. The van der Waals surface area contributed by atoms with Gasteiger partial charge < -0.3 is 10.1 Å². The summed E-state index contributed by atoms with van der Waals surface area (Å²) < 4.78 is 0. The Labute approximate surface area is 231 Å². The Kier molecular flexibility index (Phi) is 10.3. The second kappa shape index (κ2) is 13.9. The Balaban J connectivity index is 0.000000155. The molecule has 186 valence electrons. The number of para-hydroxylation sites is 1. The third-order valence-corrected chi connectivity index (χ3v) is 5.41. The largest absolute Gasteiger partial charge is 0.507 e. The molecule has 6 rings (SSSR count). The first kappa shape index (κ1) is 27.5. The van der Waals surface area contributed by atoms with Crippen molar-refractivity contribution in [2.24, 2.45) is 0 Å². The zero-order valence-corrected chi connectivity index (χ0v) is 22.5. The Bertz CT molecular complexity index is 1480. The minimum absolute atomic E-state index is 0. The summed E-state index contributed by atoms with van der Waals surface area (Å²) in [4.78, 5) is 13.2. The van der Waals surface area contributed by atoms with Crippen LogP contribution in [0, 0.1) is 18.2 Å². The molecule has 0 radical (unpaired) electrons. The molecule has 5 aromatic carbocycles. The molecule has 0 saturated carbocycles. The van der Waals surface area contributed by atoms with Crippen LogP contribution in [0.4, 0.5) is 0 Å². The molecule has 0 saturated heterocycles. The molecule has 4 heteroatoms. The Morgan fingerprint density at radius 3 is 1.78 bits per heavy atom. The number of carbonyl (C=O) groups excluding carboxylic acids is 1. The Morgan fingerprint density at radius 2 is 1.27 bits per heavy atom. The van der Waals surface area contributed by atoms with E-state index in [2.05, 4.69) is 47.4 Å². The molecule has 37 heavy (non-hydrogen) atoms. The van der Waals surface area contributed by atoms with Crippen molar-refractivity contribution in [3.63, 3.8) is 0 Å². The molecule has 0 aliphatic carbocycles. The van der Waals surface area contributed by atoms with Crippen molar-refractivity contribution in [2.45, 2.75) is 6.92 Å². The molecule has 0 spiro atoms. The number of hydrogen-bond acceptors (Lipinski definition) is 2. The Hall–Kier alpha value is -4.07. The standard InChI is InChI=1S/C14H8.C11H8N.C8H8O2.Pt/c1-3-7-13-11(5-1)9-10-12-6-2-4-8-14(12)13;1-2-6-10(7-3-1)11-8-4-5-9-12-11;1-6(9)7-4-2-3-5-8(7)10;/h1-6,9-10H;1-6,8-9H;2-5,10H,1H3;/q-2;-1;;/p+1. The summed E-state index contributed by atoms with van der Waals surface area (Å²) in [5, 5.41) is 13.9. The van der Waals surface area contributed by atoms with Crippen LogP contribution in [-0.2, 0) is 21.1 Å². The first-order chi connectivity index (χ1) is 17.6. The minimum atomic E-state index is 0. The molecule has 0 unspecified atom stereocenters. The number of fused-ring (bicyclic) bond motifs is 3. The van der Waals surface area contributed by atoms with Crippen molar-refractivity contribution in [1.82, 2.24) is 4.98 Å². The van der Waals surface area contributed by atoms with E-state index in [1.165, 1.54) is 23.8 Å². The van der Waals surface area contributed by atoms with E-state index in [4.69, 9.17) is 9.90 Å². The minimum Gasteiger partial charge on any atom is -0.507 e. The summed E-state index contributed by atoms with van der Waals surface area (Å²) in [6, 6.07) is 46.4. The van der Waals surface area contributed by atoms with Gasteiger partial charge in [0.2, 0.25) is 0 Å². The van der Waals surface area contributed by atoms with Crippen LogP contribution in [0.15, 0.2) is 121 Å². The van der Waals surface area contributed by atoms with Crippen LogP contribution in [0.3, 0.4) is 0 Å². The summed E-state index contributed by atoms with van der Waals surface area (Å²) in [6.07, 6.45) is 1.79. The van der Waals surface area contributed by atoms with Gasteiger partial charge in [0.25, 0.3) is 0 Å². The molecule has 0 aliphatic rings. The van der Waals surface area contributed by atoms with E-state index in [0.717, 1.165) is 22.0 Å². The fraction of sp³-hybridized carbons (Fsp3) is 0.0303. The first-order valence-electron chi connectivity index (χ1n) is 11.5. The maximum Gasteiger partial charge on any atom is 0.324 e. The van der Waals surface area contributed by atoms with Gasteiger partial charge in [-0.05, 0) is 23.9 Å². The van der Waals surface area contributed by atoms with E-state index in [1.807, 2.05) is 66.7 Å². The molecule has 1 aromatic heterocycles. The second-order valence-electron chi connectivity index (χ2n) is 7.93. The number of pyridine rings is 1. The van der Waals surface area contributed by atoms with Crippen LogP contribution >= 0.6 is 0 Å². The van der Waals surface area contributed by atoms with Gasteiger partial charge in [0.05, 0.1) is 6.92 Å². The topological polar surface area (TPSA) is 54.5 Å². The van der Waals surface area contributed by atoms with Gasteiger partial charge in [-0.3, -0.25) is 4.79 Å². The van der Waals surface area contributed by atoms with Crippen molar-refractivity contribution in [3.8, 4) is 17.0 Å². The van der Waals surface area contributed by atoms with Crippen molar-refractivity contribution in [3.05, 3.63) is 145 Å². The maximum atomic E-state index is 9.10. The van der Waals surface area contributed by atoms with E-state index in [0.29, 0.717) is 5.56 Å². The molecular weight excluding hydrogens is 637 g/mol. The van der Waals surface area contributed by atoms with Crippen LogP contribution in [0.5, 0.6) is 5.75 Å². The van der Waals surface area contributed by atoms with Gasteiger partial charge in [-0.2, -0.15) is 35.0 Å². The second-order valence-corrected chi connectivity index (χ2v) is 7.93. The number of benzene rings is 5. The molecule has 3 nitrogen and oxygen atoms in total. The van der Waals surface area contributed by atoms with Crippen molar-refractivity contribution in [2.75, 3.05) is 0 Å². The zero-order valence-electron chi connectivity index (χ0n) is 20.2. The Morgan fingerprint density at radius 1 is 0.676 bits per heavy atom. The molecular formula is C33H25NO2Pt-2. The number of aromatic nitrogens is 1. The van der Waals surface area contributed by atoms with Crippen LogP contribution in [-0.4, -0.2) is 20.7 Å². The number of phenolic OH excluding ortho intramolecular Hbond substituents is 1. The number of ketones is 1. The van der Waals surface area contributed by atoms with Gasteiger partial charge in [-0.1, -0.05) is 24.3 Å².